The molecular weight excluding hydrogens is 365 g/mol. The lowest BCUT2D eigenvalue weighted by atomic mass is 10.1. The summed E-state index contributed by atoms with van der Waals surface area (Å²) in [5, 5.41) is 0. The van der Waals surface area contributed by atoms with Crippen molar-refractivity contribution in [3.63, 3.8) is 0 Å². The van der Waals surface area contributed by atoms with Gasteiger partial charge >= 0.3 is 0 Å². The monoisotopic (exact) mass is 389 g/mol. The zero-order valence-electron chi connectivity index (χ0n) is 15.8. The second-order valence-electron chi connectivity index (χ2n) is 7.60. The van der Waals surface area contributed by atoms with E-state index in [0.717, 1.165) is 0 Å². The fourth-order valence-corrected chi connectivity index (χ4v) is 11.0. The standard InChI is InChI=1S/C19H24F5NSi/c1-10(2)26(11(3)4,12(5)6)25-8-7-13(9-25)14-15(20)17(22)19(24)18(23)16(14)21/h7-12H,1-6H3. The predicted molar refractivity (Wildman–Crippen MR) is 96.1 cm³/mol. The molecule has 26 heavy (non-hydrogen) atoms. The van der Waals surface area contributed by atoms with Crippen LogP contribution < -0.4 is 0 Å². The van der Waals surface area contributed by atoms with Gasteiger partial charge in [0.05, 0.1) is 5.56 Å². The van der Waals surface area contributed by atoms with Crippen molar-refractivity contribution in [2.24, 2.45) is 0 Å². The van der Waals surface area contributed by atoms with Crippen LogP contribution in [-0.2, 0) is 0 Å². The molecule has 0 unspecified atom stereocenters. The normalized spacial score (nSPS) is 12.7. The third kappa shape index (κ3) is 2.90. The first-order chi connectivity index (χ1) is 12.0. The summed E-state index contributed by atoms with van der Waals surface area (Å²) in [6.45, 7) is 12.7. The van der Waals surface area contributed by atoms with Gasteiger partial charge in [-0.2, -0.15) is 0 Å². The van der Waals surface area contributed by atoms with Gasteiger partial charge in [-0.3, -0.25) is 0 Å². The summed E-state index contributed by atoms with van der Waals surface area (Å²) < 4.78 is 70.7. The molecule has 2 rings (SSSR count). The molecule has 0 radical (unpaired) electrons. The van der Waals surface area contributed by atoms with E-state index in [9.17, 15) is 22.0 Å². The van der Waals surface area contributed by atoms with E-state index >= 15 is 0 Å². The molecular formula is C19H24F5NSi. The minimum Gasteiger partial charge on any atom is -0.379 e. The van der Waals surface area contributed by atoms with Gasteiger partial charge in [-0.25, -0.2) is 22.0 Å². The van der Waals surface area contributed by atoms with Gasteiger partial charge in [0, 0.05) is 11.8 Å². The van der Waals surface area contributed by atoms with Crippen LogP contribution in [0.3, 0.4) is 0 Å². The molecule has 1 nitrogen and oxygen atoms in total. The molecule has 0 aliphatic carbocycles. The van der Waals surface area contributed by atoms with Crippen LogP contribution in [0.25, 0.3) is 11.1 Å². The zero-order chi connectivity index (χ0) is 20.0. The lowest BCUT2D eigenvalue weighted by Gasteiger charge is -2.44. The summed E-state index contributed by atoms with van der Waals surface area (Å²) in [6.07, 6.45) is 3.24. The van der Waals surface area contributed by atoms with E-state index in [0.29, 0.717) is 16.6 Å². The Morgan fingerprint density at radius 2 is 1.08 bits per heavy atom. The number of hydrogen-bond acceptors (Lipinski definition) is 0. The summed E-state index contributed by atoms with van der Waals surface area (Å²) in [4.78, 5) is 0. The molecule has 144 valence electrons. The van der Waals surface area contributed by atoms with E-state index in [1.807, 2.05) is 4.23 Å². The maximum atomic E-state index is 14.2. The highest BCUT2D eigenvalue weighted by Gasteiger charge is 2.45. The third-order valence-corrected chi connectivity index (χ3v) is 12.1. The van der Waals surface area contributed by atoms with Crippen molar-refractivity contribution in [3.8, 4) is 11.1 Å². The van der Waals surface area contributed by atoms with Crippen LogP contribution in [-0.4, -0.2) is 12.5 Å². The Hall–Kier alpha value is -1.63. The highest BCUT2D eigenvalue weighted by atomic mass is 28.3. The molecule has 2 aromatic rings. The first-order valence-electron chi connectivity index (χ1n) is 8.68. The van der Waals surface area contributed by atoms with Gasteiger partial charge in [0.2, 0.25) is 5.82 Å². The van der Waals surface area contributed by atoms with E-state index in [2.05, 4.69) is 41.5 Å². The molecule has 0 spiro atoms. The summed E-state index contributed by atoms with van der Waals surface area (Å²) in [6, 6.07) is 1.42. The van der Waals surface area contributed by atoms with Crippen LogP contribution in [0.15, 0.2) is 18.5 Å². The van der Waals surface area contributed by atoms with E-state index in [1.165, 1.54) is 12.3 Å². The van der Waals surface area contributed by atoms with Crippen LogP contribution in [0.5, 0.6) is 0 Å². The van der Waals surface area contributed by atoms with Gasteiger partial charge in [-0.1, -0.05) is 41.5 Å². The van der Waals surface area contributed by atoms with Gasteiger partial charge < -0.3 is 4.23 Å². The van der Waals surface area contributed by atoms with Crippen molar-refractivity contribution in [2.45, 2.75) is 58.2 Å². The average Bonchev–Trinajstić information content (AvgIpc) is 3.00. The van der Waals surface area contributed by atoms with Gasteiger partial charge in [0.15, 0.2) is 31.5 Å². The topological polar surface area (TPSA) is 4.93 Å². The highest BCUT2D eigenvalue weighted by molar-refractivity contribution is 6.82. The Labute approximate surface area is 151 Å². The minimum absolute atomic E-state index is 0.00312. The van der Waals surface area contributed by atoms with Crippen LogP contribution >= 0.6 is 0 Å². The molecule has 1 heterocycles. The Morgan fingerprint density at radius 3 is 1.46 bits per heavy atom. The van der Waals surface area contributed by atoms with Gasteiger partial charge in [0.1, 0.15) is 0 Å². The smallest absolute Gasteiger partial charge is 0.200 e. The van der Waals surface area contributed by atoms with Crippen molar-refractivity contribution in [2.75, 3.05) is 0 Å². The van der Waals surface area contributed by atoms with Gasteiger partial charge in [-0.15, -0.1) is 0 Å². The molecule has 7 heteroatoms. The Kier molecular flexibility index (Phi) is 5.70. The molecule has 0 amide bonds. The highest BCUT2D eigenvalue weighted by Crippen LogP contribution is 2.43. The molecule has 1 aromatic heterocycles. The Morgan fingerprint density at radius 1 is 0.692 bits per heavy atom. The number of nitrogens with zero attached hydrogens (tertiary/aromatic N) is 1. The van der Waals surface area contributed by atoms with Crippen molar-refractivity contribution in [1.29, 1.82) is 0 Å². The minimum atomic E-state index is -2.18. The van der Waals surface area contributed by atoms with Crippen molar-refractivity contribution < 1.29 is 22.0 Å². The Balaban J connectivity index is 2.72. The molecule has 0 N–H and O–H groups in total. The lowest BCUT2D eigenvalue weighted by molar-refractivity contribution is 0.381. The fourth-order valence-electron chi connectivity index (χ4n) is 4.54. The third-order valence-electron chi connectivity index (χ3n) is 5.41. The number of benzene rings is 1. The van der Waals surface area contributed by atoms with Crippen LogP contribution in [0.1, 0.15) is 41.5 Å². The molecule has 0 saturated carbocycles. The van der Waals surface area contributed by atoms with E-state index < -0.39 is 42.9 Å². The summed E-state index contributed by atoms with van der Waals surface area (Å²) in [5.74, 6) is -9.59. The quantitative estimate of drug-likeness (QED) is 0.227. The van der Waals surface area contributed by atoms with Crippen LogP contribution in [0.2, 0.25) is 16.6 Å². The number of hydrogen-bond donors (Lipinski definition) is 0. The largest absolute Gasteiger partial charge is 0.379 e. The first kappa shape index (κ1) is 20.7. The SMILES string of the molecule is CC(C)[Si](C(C)C)(C(C)C)n1ccc(-c2c(F)c(F)c(F)c(F)c2F)c1. The predicted octanol–water partition coefficient (Wildman–Crippen LogP) is 6.87. The maximum absolute atomic E-state index is 14.2. The summed E-state index contributed by atoms with van der Waals surface area (Å²) in [7, 11) is -2.18. The average molecular weight is 389 g/mol. The summed E-state index contributed by atoms with van der Waals surface area (Å²) in [5.41, 5.74) is 0.0772. The number of halogens is 5. The molecule has 0 bridgehead atoms. The second-order valence-corrected chi connectivity index (χ2v) is 13.4. The van der Waals surface area contributed by atoms with E-state index in [4.69, 9.17) is 0 Å². The second kappa shape index (κ2) is 7.17. The number of rotatable bonds is 5. The molecule has 0 saturated heterocycles. The van der Waals surface area contributed by atoms with E-state index in [-0.39, 0.29) is 5.56 Å². The molecule has 0 fully saturated rings. The van der Waals surface area contributed by atoms with Gasteiger partial charge in [-0.05, 0) is 28.9 Å². The van der Waals surface area contributed by atoms with Gasteiger partial charge in [0.25, 0.3) is 0 Å². The van der Waals surface area contributed by atoms with Crippen molar-refractivity contribution >= 4 is 8.24 Å². The molecule has 0 aliphatic heterocycles. The summed E-state index contributed by atoms with van der Waals surface area (Å²) >= 11 is 0. The van der Waals surface area contributed by atoms with Crippen LogP contribution in [0.4, 0.5) is 22.0 Å². The van der Waals surface area contributed by atoms with E-state index in [1.54, 1.807) is 6.20 Å². The Bertz CT molecular complexity index is 760. The lowest BCUT2D eigenvalue weighted by Crippen LogP contribution is -2.51. The maximum Gasteiger partial charge on any atom is 0.200 e. The fraction of sp³-hybridized carbons (Fsp3) is 0.474. The van der Waals surface area contributed by atoms with Crippen LogP contribution in [0, 0.1) is 29.1 Å². The zero-order valence-corrected chi connectivity index (χ0v) is 16.8. The molecule has 1 aromatic carbocycles. The van der Waals surface area contributed by atoms with Crippen molar-refractivity contribution in [3.05, 3.63) is 47.5 Å². The number of aromatic nitrogens is 1. The molecule has 0 atom stereocenters. The van der Waals surface area contributed by atoms with Crippen molar-refractivity contribution in [1.82, 2.24) is 4.23 Å². The first-order valence-corrected chi connectivity index (χ1v) is 10.9. The molecule has 0 aliphatic rings.